The summed E-state index contributed by atoms with van der Waals surface area (Å²) < 4.78 is 20.6. The first-order valence-electron chi connectivity index (χ1n) is 23.3. The summed E-state index contributed by atoms with van der Waals surface area (Å²) in [5.41, 5.74) is 1.96. The average Bonchev–Trinajstić information content (AvgIpc) is 3.25. The van der Waals surface area contributed by atoms with Crippen molar-refractivity contribution in [1.29, 1.82) is 0 Å². The third kappa shape index (κ3) is 12.5. The number of hydrogen-bond donors (Lipinski definition) is 2. The first-order valence-corrected chi connectivity index (χ1v) is 23.3. The van der Waals surface area contributed by atoms with E-state index in [1.807, 2.05) is 44.9 Å². The van der Waals surface area contributed by atoms with Gasteiger partial charge in [0.25, 0.3) is 5.69 Å². The SMILES string of the molecule is C=CCOC12Oc3ccc(Oc4cccc([N+](=O)[O-])c4)cc3C3C(CCCCO)C(CCCCO)C=C(C(=NOC(C)(C)C)CC1N(C)C(=O)CCCCCCCCCCC)C32. The Kier molecular flexibility index (Phi) is 18.4. The van der Waals surface area contributed by atoms with E-state index in [4.69, 9.17) is 24.2 Å². The summed E-state index contributed by atoms with van der Waals surface area (Å²) in [6.07, 6.45) is 19.8. The van der Waals surface area contributed by atoms with E-state index in [2.05, 4.69) is 19.6 Å². The molecule has 2 aromatic rings. The minimum atomic E-state index is -1.34. The van der Waals surface area contributed by atoms with Gasteiger partial charge < -0.3 is 34.2 Å². The minimum absolute atomic E-state index is 0.0203. The van der Waals surface area contributed by atoms with Crippen molar-refractivity contribution in [1.82, 2.24) is 4.90 Å². The maximum atomic E-state index is 14.4. The highest BCUT2D eigenvalue weighted by Crippen LogP contribution is 2.62. The van der Waals surface area contributed by atoms with E-state index < -0.39 is 28.3 Å². The number of aliphatic hydroxyl groups excluding tert-OH is 2. The summed E-state index contributed by atoms with van der Waals surface area (Å²) in [6, 6.07) is 11.2. The molecule has 1 amide bonds. The average molecular weight is 860 g/mol. The van der Waals surface area contributed by atoms with Crippen LogP contribution in [-0.4, -0.2) is 76.0 Å². The van der Waals surface area contributed by atoms with Crippen molar-refractivity contribution in [3.63, 3.8) is 0 Å². The van der Waals surface area contributed by atoms with E-state index >= 15 is 0 Å². The zero-order valence-corrected chi connectivity index (χ0v) is 38.0. The molecule has 62 heavy (non-hydrogen) atoms. The molecule has 1 heterocycles. The van der Waals surface area contributed by atoms with Crippen LogP contribution in [0.4, 0.5) is 5.69 Å². The van der Waals surface area contributed by atoms with Crippen molar-refractivity contribution >= 4 is 17.3 Å². The molecule has 12 heteroatoms. The third-order valence-corrected chi connectivity index (χ3v) is 12.7. The van der Waals surface area contributed by atoms with E-state index in [0.29, 0.717) is 42.9 Å². The van der Waals surface area contributed by atoms with Gasteiger partial charge in [-0.3, -0.25) is 14.9 Å². The Morgan fingerprint density at radius 3 is 2.31 bits per heavy atom. The second-order valence-electron chi connectivity index (χ2n) is 18.4. The van der Waals surface area contributed by atoms with Crippen molar-refractivity contribution in [3.8, 4) is 17.2 Å². The van der Waals surface area contributed by atoms with Crippen LogP contribution in [0.15, 0.2) is 71.9 Å². The highest BCUT2D eigenvalue weighted by molar-refractivity contribution is 6.03. The normalized spacial score (nSPS) is 23.4. The number of hydrogen-bond acceptors (Lipinski definition) is 10. The molecule has 1 fully saturated rings. The van der Waals surface area contributed by atoms with Gasteiger partial charge in [0, 0.05) is 50.7 Å². The Morgan fingerprint density at radius 1 is 0.968 bits per heavy atom. The molecule has 3 aliphatic rings. The van der Waals surface area contributed by atoms with Crippen LogP contribution in [0.2, 0.25) is 0 Å². The number of nitro benzene ring substituents is 1. The number of aliphatic hydroxyl groups is 2. The molecule has 0 aromatic heterocycles. The number of allylic oxidation sites excluding steroid dienone is 1. The smallest absolute Gasteiger partial charge is 0.273 e. The number of carbonyl (C=O) groups is 1. The van der Waals surface area contributed by atoms with Gasteiger partial charge in [-0.25, -0.2) is 0 Å². The number of amides is 1. The maximum absolute atomic E-state index is 14.4. The third-order valence-electron chi connectivity index (χ3n) is 12.7. The second kappa shape index (κ2) is 23.4. The Bertz CT molecular complexity index is 1840. The summed E-state index contributed by atoms with van der Waals surface area (Å²) in [6.45, 7) is 12.5. The topological polar surface area (TPSA) is 153 Å². The number of benzene rings is 2. The van der Waals surface area contributed by atoms with E-state index in [-0.39, 0.29) is 49.2 Å². The number of oxime groups is 1. The van der Waals surface area contributed by atoms with Gasteiger partial charge in [0.1, 0.15) is 28.9 Å². The van der Waals surface area contributed by atoms with Crippen molar-refractivity contribution in [2.75, 3.05) is 26.9 Å². The molecule has 2 aliphatic carbocycles. The van der Waals surface area contributed by atoms with E-state index in [9.17, 15) is 25.1 Å². The summed E-state index contributed by atoms with van der Waals surface area (Å²) in [7, 11) is 1.86. The lowest BCUT2D eigenvalue weighted by atomic mass is 9.55. The number of nitrogens with zero attached hydrogens (tertiary/aromatic N) is 3. The van der Waals surface area contributed by atoms with Gasteiger partial charge in [0.15, 0.2) is 0 Å². The molecular weight excluding hydrogens is 787 g/mol. The lowest BCUT2D eigenvalue weighted by Gasteiger charge is -2.59. The molecule has 2 N–H and O–H groups in total. The Labute approximate surface area is 369 Å². The molecule has 5 rings (SSSR count). The van der Waals surface area contributed by atoms with Crippen LogP contribution in [0.25, 0.3) is 0 Å². The van der Waals surface area contributed by atoms with E-state index in [1.54, 1.807) is 24.3 Å². The fourth-order valence-electron chi connectivity index (χ4n) is 9.72. The monoisotopic (exact) mass is 860 g/mol. The van der Waals surface area contributed by atoms with Crippen molar-refractivity contribution in [2.45, 2.75) is 160 Å². The van der Waals surface area contributed by atoms with Gasteiger partial charge >= 0.3 is 0 Å². The lowest BCUT2D eigenvalue weighted by Crippen LogP contribution is -2.69. The number of non-ortho nitro benzene ring substituents is 1. The molecule has 1 aliphatic heterocycles. The van der Waals surface area contributed by atoms with Crippen LogP contribution >= 0.6 is 0 Å². The zero-order chi connectivity index (χ0) is 44.7. The maximum Gasteiger partial charge on any atom is 0.273 e. The largest absolute Gasteiger partial charge is 0.459 e. The first-order chi connectivity index (χ1) is 29.9. The molecular formula is C50H73N3O9. The fourth-order valence-corrected chi connectivity index (χ4v) is 9.72. The predicted molar refractivity (Wildman–Crippen MR) is 244 cm³/mol. The van der Waals surface area contributed by atoms with Crippen LogP contribution in [0, 0.1) is 27.9 Å². The van der Waals surface area contributed by atoms with Crippen molar-refractivity contribution < 1.29 is 39.0 Å². The molecule has 342 valence electrons. The summed E-state index contributed by atoms with van der Waals surface area (Å²) in [5.74, 6) is -0.421. The molecule has 0 spiro atoms. The number of rotatable bonds is 26. The fraction of sp³-hybridized carbons (Fsp3) is 0.640. The minimum Gasteiger partial charge on any atom is -0.459 e. The van der Waals surface area contributed by atoms with Gasteiger partial charge in [-0.15, -0.1) is 6.58 Å². The predicted octanol–water partition coefficient (Wildman–Crippen LogP) is 11.2. The highest BCUT2D eigenvalue weighted by atomic mass is 16.7. The number of ether oxygens (including phenoxy) is 3. The highest BCUT2D eigenvalue weighted by Gasteiger charge is 2.65. The molecule has 1 saturated carbocycles. The van der Waals surface area contributed by atoms with Crippen LogP contribution in [0.1, 0.15) is 148 Å². The molecule has 12 nitrogen and oxygen atoms in total. The molecule has 6 atom stereocenters. The quantitative estimate of drug-likeness (QED) is 0.0407. The summed E-state index contributed by atoms with van der Waals surface area (Å²) >= 11 is 0. The molecule has 2 aromatic carbocycles. The Morgan fingerprint density at radius 2 is 1.65 bits per heavy atom. The lowest BCUT2D eigenvalue weighted by molar-refractivity contribution is -0.384. The van der Waals surface area contributed by atoms with Crippen LogP contribution in [0.5, 0.6) is 17.2 Å². The summed E-state index contributed by atoms with van der Waals surface area (Å²) in [5, 5.41) is 36.3. The Balaban J connectivity index is 1.62. The zero-order valence-electron chi connectivity index (χ0n) is 38.0. The van der Waals surface area contributed by atoms with Gasteiger partial charge in [0.05, 0.1) is 29.2 Å². The Hall–Kier alpha value is -4.26. The second-order valence-corrected chi connectivity index (χ2v) is 18.4. The number of fused-ring (bicyclic) bond motifs is 2. The van der Waals surface area contributed by atoms with Crippen LogP contribution in [0.3, 0.4) is 0 Å². The van der Waals surface area contributed by atoms with Crippen molar-refractivity contribution in [2.24, 2.45) is 22.9 Å². The molecule has 6 unspecified atom stereocenters. The molecule has 0 saturated heterocycles. The number of nitro groups is 1. The van der Waals surface area contributed by atoms with Crippen LogP contribution in [-0.2, 0) is 14.4 Å². The van der Waals surface area contributed by atoms with Crippen LogP contribution < -0.4 is 9.47 Å². The van der Waals surface area contributed by atoms with Gasteiger partial charge in [-0.2, -0.15) is 0 Å². The van der Waals surface area contributed by atoms with E-state index in [0.717, 1.165) is 61.8 Å². The standard InChI is InChI=1S/C50H73N3O9/c1-7-9-10-11-12-13-14-15-16-26-46(56)52(6)45-35-43(51-62-49(3,4)5)41-32-36(22-17-19-29-54)40(25-18-20-30-55)47-42-34-39(60-38-24-21-23-37(33-38)53(57)58)27-28-44(42)61-50(45,48(41)47)59-31-8-2/h8,21,23-24,27-28,32-34,36,40,45,47-48,54-55H,2,7,9-20,22,25-26,29-31,35H2,1,3-6H3. The summed E-state index contributed by atoms with van der Waals surface area (Å²) in [4.78, 5) is 33.6. The number of unbranched alkanes of at least 4 members (excludes halogenated alkanes) is 10. The molecule has 0 bridgehead atoms. The van der Waals surface area contributed by atoms with Crippen molar-refractivity contribution in [3.05, 3.63) is 82.4 Å². The van der Waals surface area contributed by atoms with Gasteiger partial charge in [-0.05, 0) is 94.5 Å². The molecule has 0 radical (unpaired) electrons. The number of likely N-dealkylation sites (N-methyl/N-ethyl adjacent to an activating group) is 1. The van der Waals surface area contributed by atoms with Gasteiger partial charge in [-0.1, -0.05) is 94.5 Å². The van der Waals surface area contributed by atoms with E-state index in [1.165, 1.54) is 50.7 Å². The number of carbonyl (C=O) groups excluding carboxylic acids is 1. The first kappa shape index (κ1) is 48.8. The van der Waals surface area contributed by atoms with Gasteiger partial charge in [0.2, 0.25) is 11.7 Å².